The molecule has 3 aromatic carbocycles. The molecule has 12 heteroatoms. The van der Waals surface area contributed by atoms with Crippen molar-refractivity contribution in [2.24, 2.45) is 4.99 Å². The molecule has 0 aliphatic carbocycles. The summed E-state index contributed by atoms with van der Waals surface area (Å²) < 4.78 is 42.7. The quantitative estimate of drug-likeness (QED) is 0.222. The van der Waals surface area contributed by atoms with Crippen LogP contribution in [0.5, 0.6) is 0 Å². The maximum Gasteiger partial charge on any atom is 0.279 e. The molecule has 0 spiro atoms. The number of thiazole rings is 1. The lowest BCUT2D eigenvalue weighted by molar-refractivity contribution is -0.384. The predicted molar refractivity (Wildman–Crippen MR) is 130 cm³/mol. The maximum atomic E-state index is 13.1. The lowest BCUT2D eigenvalue weighted by Crippen LogP contribution is -2.16. The molecule has 0 fully saturated rings. The van der Waals surface area contributed by atoms with Gasteiger partial charge in [0.2, 0.25) is 0 Å². The van der Waals surface area contributed by atoms with Crippen molar-refractivity contribution < 1.29 is 22.5 Å². The second-order valence-corrected chi connectivity index (χ2v) is 9.94. The third-order valence-electron chi connectivity index (χ3n) is 4.89. The van der Waals surface area contributed by atoms with Gasteiger partial charge in [0.25, 0.3) is 21.6 Å². The Kier molecular flexibility index (Phi) is 6.58. The van der Waals surface area contributed by atoms with E-state index in [1.54, 1.807) is 16.7 Å². The van der Waals surface area contributed by atoms with Crippen LogP contribution in [0.3, 0.4) is 0 Å². The van der Waals surface area contributed by atoms with E-state index < -0.39 is 26.7 Å². The van der Waals surface area contributed by atoms with E-state index in [0.717, 1.165) is 35.6 Å². The first kappa shape index (κ1) is 24.0. The Morgan fingerprint density at radius 3 is 2.46 bits per heavy atom. The molecule has 0 radical (unpaired) electrons. The fourth-order valence-electron chi connectivity index (χ4n) is 3.23. The highest BCUT2D eigenvalue weighted by atomic mass is 32.2. The Hall–Kier alpha value is -4.16. The summed E-state index contributed by atoms with van der Waals surface area (Å²) in [6.07, 6.45) is 1.62. The third-order valence-corrected chi connectivity index (χ3v) is 7.33. The molecule has 35 heavy (non-hydrogen) atoms. The number of halogens is 1. The summed E-state index contributed by atoms with van der Waals surface area (Å²) in [7, 11) is -3.93. The number of non-ortho nitro benzene ring substituents is 1. The molecule has 4 rings (SSSR count). The summed E-state index contributed by atoms with van der Waals surface area (Å²) in [5.74, 6) is -1.13. The lowest BCUT2D eigenvalue weighted by atomic mass is 10.2. The number of allylic oxidation sites excluding steroid dienone is 1. The third kappa shape index (κ3) is 5.18. The topological polar surface area (TPSA) is 124 Å². The number of aromatic nitrogens is 1. The minimum atomic E-state index is -3.93. The molecule has 1 N–H and O–H groups in total. The van der Waals surface area contributed by atoms with Crippen molar-refractivity contribution in [2.75, 3.05) is 4.72 Å². The van der Waals surface area contributed by atoms with Crippen molar-refractivity contribution in [1.29, 1.82) is 0 Å². The molecule has 1 heterocycles. The van der Waals surface area contributed by atoms with Gasteiger partial charge in [-0.15, -0.1) is 6.58 Å². The van der Waals surface area contributed by atoms with Crippen molar-refractivity contribution >= 4 is 48.9 Å². The maximum absolute atomic E-state index is 13.1. The van der Waals surface area contributed by atoms with Crippen molar-refractivity contribution in [1.82, 2.24) is 4.57 Å². The van der Waals surface area contributed by atoms with Crippen LogP contribution in [-0.2, 0) is 16.6 Å². The van der Waals surface area contributed by atoms with Gasteiger partial charge in [0.15, 0.2) is 4.80 Å². The number of nitrogens with zero attached hydrogens (tertiary/aromatic N) is 3. The zero-order chi connectivity index (χ0) is 25.2. The second-order valence-electron chi connectivity index (χ2n) is 7.25. The van der Waals surface area contributed by atoms with Crippen LogP contribution >= 0.6 is 11.3 Å². The number of rotatable bonds is 7. The summed E-state index contributed by atoms with van der Waals surface area (Å²) in [4.78, 5) is 27.8. The average molecular weight is 513 g/mol. The van der Waals surface area contributed by atoms with Crippen LogP contribution in [0.1, 0.15) is 10.4 Å². The number of nitro groups is 1. The first-order chi connectivity index (χ1) is 16.7. The van der Waals surface area contributed by atoms with Gasteiger partial charge >= 0.3 is 0 Å². The zero-order valence-corrected chi connectivity index (χ0v) is 19.6. The van der Waals surface area contributed by atoms with Gasteiger partial charge in [-0.25, -0.2) is 12.8 Å². The Morgan fingerprint density at radius 1 is 1.14 bits per heavy atom. The van der Waals surface area contributed by atoms with Crippen LogP contribution < -0.4 is 9.52 Å². The normalized spacial score (nSPS) is 12.0. The standard InChI is InChI=1S/C23H17FN4O5S2/c1-2-13-27-20-12-9-18(28(30)31)14-21(20)34-23(27)25-22(29)15-3-7-17(8-4-15)26-35(32,33)19-10-5-16(24)6-11-19/h2-12,14,26H,1,13H2. The molecule has 0 saturated heterocycles. The van der Waals surface area contributed by atoms with E-state index in [1.807, 2.05) is 0 Å². The number of carbonyl (C=O) groups excluding carboxylic acids is 1. The molecular weight excluding hydrogens is 495 g/mol. The fraction of sp³-hybridized carbons (Fsp3) is 0.0435. The summed E-state index contributed by atoms with van der Waals surface area (Å²) in [5.41, 5.74) is 1.03. The van der Waals surface area contributed by atoms with Crippen LogP contribution in [0.25, 0.3) is 10.2 Å². The highest BCUT2D eigenvalue weighted by Gasteiger charge is 2.15. The summed E-state index contributed by atoms with van der Waals surface area (Å²) in [6, 6.07) is 14.4. The summed E-state index contributed by atoms with van der Waals surface area (Å²) >= 11 is 1.13. The second kappa shape index (κ2) is 9.60. The van der Waals surface area contributed by atoms with E-state index in [2.05, 4.69) is 16.3 Å². The molecule has 4 aromatic rings. The van der Waals surface area contributed by atoms with Gasteiger partial charge in [-0.05, 0) is 54.6 Å². The molecule has 0 aliphatic heterocycles. The molecular formula is C23H17FN4O5S2. The van der Waals surface area contributed by atoms with Crippen molar-refractivity contribution in [3.05, 3.63) is 106 Å². The Labute approximate surface area is 202 Å². The number of anilines is 1. The summed E-state index contributed by atoms with van der Waals surface area (Å²) in [5, 5.41) is 11.1. The van der Waals surface area contributed by atoms with E-state index in [9.17, 15) is 27.7 Å². The van der Waals surface area contributed by atoms with E-state index in [1.165, 1.54) is 36.4 Å². The van der Waals surface area contributed by atoms with Crippen molar-refractivity contribution in [2.45, 2.75) is 11.4 Å². The monoisotopic (exact) mass is 512 g/mol. The SMILES string of the molecule is C=CCn1c(=NC(=O)c2ccc(NS(=O)(=O)c3ccc(F)cc3)cc2)sc2cc([N+](=O)[O-])ccc21. The summed E-state index contributed by atoms with van der Waals surface area (Å²) in [6.45, 7) is 4.05. The number of hydrogen-bond acceptors (Lipinski definition) is 6. The smallest absolute Gasteiger partial charge is 0.279 e. The predicted octanol–water partition coefficient (Wildman–Crippen LogP) is 4.48. The van der Waals surface area contributed by atoms with Gasteiger partial charge < -0.3 is 4.57 Å². The van der Waals surface area contributed by atoms with Gasteiger partial charge in [0, 0.05) is 29.9 Å². The Balaban J connectivity index is 1.62. The number of fused-ring (bicyclic) bond motifs is 1. The molecule has 1 aromatic heterocycles. The average Bonchev–Trinajstić information content (AvgIpc) is 3.16. The van der Waals surface area contributed by atoms with Gasteiger partial charge in [-0.3, -0.25) is 19.6 Å². The first-order valence-corrected chi connectivity index (χ1v) is 12.3. The van der Waals surface area contributed by atoms with Crippen molar-refractivity contribution in [3.8, 4) is 0 Å². The molecule has 9 nitrogen and oxygen atoms in total. The molecule has 1 amide bonds. The van der Waals surface area contributed by atoms with Crippen LogP contribution in [0.2, 0.25) is 0 Å². The van der Waals surface area contributed by atoms with Gasteiger partial charge in [-0.2, -0.15) is 4.99 Å². The van der Waals surface area contributed by atoms with E-state index in [0.29, 0.717) is 21.6 Å². The highest BCUT2D eigenvalue weighted by Crippen LogP contribution is 2.23. The fourth-order valence-corrected chi connectivity index (χ4v) is 5.36. The Morgan fingerprint density at radius 2 is 1.83 bits per heavy atom. The number of benzene rings is 3. The van der Waals surface area contributed by atoms with Crippen molar-refractivity contribution in [3.63, 3.8) is 0 Å². The molecule has 0 saturated carbocycles. The number of hydrogen-bond donors (Lipinski definition) is 1. The van der Waals surface area contributed by atoms with Crippen LogP contribution in [-0.4, -0.2) is 23.8 Å². The first-order valence-electron chi connectivity index (χ1n) is 10.0. The van der Waals surface area contributed by atoms with E-state index in [-0.39, 0.29) is 21.8 Å². The zero-order valence-electron chi connectivity index (χ0n) is 17.9. The molecule has 0 aliphatic rings. The van der Waals surface area contributed by atoms with Crippen LogP contribution in [0.15, 0.2) is 89.3 Å². The molecule has 0 bridgehead atoms. The minimum Gasteiger partial charge on any atom is -0.312 e. The van der Waals surface area contributed by atoms with E-state index in [4.69, 9.17) is 0 Å². The number of nitro benzene ring substituents is 1. The number of sulfonamides is 1. The largest absolute Gasteiger partial charge is 0.312 e. The minimum absolute atomic E-state index is 0.0685. The van der Waals surface area contributed by atoms with Gasteiger partial charge in [0.1, 0.15) is 5.82 Å². The number of carbonyl (C=O) groups is 1. The van der Waals surface area contributed by atoms with Gasteiger partial charge in [-0.1, -0.05) is 17.4 Å². The molecule has 0 unspecified atom stereocenters. The Bertz CT molecular complexity index is 1620. The number of nitrogens with one attached hydrogen (secondary N) is 1. The van der Waals surface area contributed by atoms with Gasteiger partial charge in [0.05, 0.1) is 20.0 Å². The lowest BCUT2D eigenvalue weighted by Gasteiger charge is -2.08. The van der Waals surface area contributed by atoms with Crippen LogP contribution in [0.4, 0.5) is 15.8 Å². The number of amides is 1. The molecule has 178 valence electrons. The molecule has 0 atom stereocenters. The van der Waals surface area contributed by atoms with E-state index >= 15 is 0 Å². The van der Waals surface area contributed by atoms with Crippen LogP contribution in [0, 0.1) is 15.9 Å². The highest BCUT2D eigenvalue weighted by molar-refractivity contribution is 7.92.